The summed E-state index contributed by atoms with van der Waals surface area (Å²) in [6, 6.07) is 0. The quantitative estimate of drug-likeness (QED) is 0.857. The molecule has 2 aromatic rings. The van der Waals surface area contributed by atoms with Crippen LogP contribution in [0.3, 0.4) is 0 Å². The summed E-state index contributed by atoms with van der Waals surface area (Å²) in [5.74, 6) is 0.723. The van der Waals surface area contributed by atoms with E-state index in [1.54, 1.807) is 17.5 Å². The summed E-state index contributed by atoms with van der Waals surface area (Å²) in [6.07, 6.45) is 3.21. The number of thiazole rings is 1. The van der Waals surface area contributed by atoms with E-state index in [1.165, 1.54) is 6.20 Å². The van der Waals surface area contributed by atoms with Gasteiger partial charge in [-0.15, -0.1) is 11.3 Å². The van der Waals surface area contributed by atoms with Crippen LogP contribution < -0.4 is 11.1 Å². The molecule has 0 aromatic carbocycles. The van der Waals surface area contributed by atoms with E-state index in [9.17, 15) is 0 Å². The molecule has 7 heteroatoms. The summed E-state index contributed by atoms with van der Waals surface area (Å²) in [5, 5.41) is 6.36. The molecule has 0 spiro atoms. The second kappa shape index (κ2) is 4.41. The molecule has 0 aliphatic rings. The van der Waals surface area contributed by atoms with Gasteiger partial charge in [-0.05, 0) is 0 Å². The first-order valence-corrected chi connectivity index (χ1v) is 5.42. The summed E-state index contributed by atoms with van der Waals surface area (Å²) in [6.45, 7) is 0.577. The van der Waals surface area contributed by atoms with Crippen LogP contribution >= 0.6 is 22.9 Å². The molecule has 0 atom stereocenters. The number of nitrogen functional groups attached to an aromatic ring is 1. The van der Waals surface area contributed by atoms with Crippen LogP contribution in [0.4, 0.5) is 11.8 Å². The summed E-state index contributed by atoms with van der Waals surface area (Å²) in [4.78, 5) is 11.9. The maximum atomic E-state index is 5.88. The number of halogens is 1. The Morgan fingerprint density at radius 3 is 3.07 bits per heavy atom. The van der Waals surface area contributed by atoms with E-state index in [0.29, 0.717) is 17.4 Å². The number of nitrogens with zero attached hydrogens (tertiary/aromatic N) is 3. The van der Waals surface area contributed by atoms with E-state index in [0.717, 1.165) is 5.01 Å². The SMILES string of the molecule is Nc1ncc(Cl)c(NCc2nccs2)n1. The van der Waals surface area contributed by atoms with Gasteiger partial charge in [-0.25, -0.2) is 9.97 Å². The number of aromatic nitrogens is 3. The predicted octanol–water partition coefficient (Wildman–Crippen LogP) is 1.78. The van der Waals surface area contributed by atoms with E-state index < -0.39 is 0 Å². The molecule has 0 aliphatic heterocycles. The van der Waals surface area contributed by atoms with Crippen molar-refractivity contribution in [1.29, 1.82) is 0 Å². The van der Waals surface area contributed by atoms with Gasteiger partial charge in [-0.1, -0.05) is 11.6 Å². The van der Waals surface area contributed by atoms with Gasteiger partial charge in [0.05, 0.1) is 12.7 Å². The number of nitrogens with one attached hydrogen (secondary N) is 1. The summed E-state index contributed by atoms with van der Waals surface area (Å²) in [5.41, 5.74) is 5.44. The summed E-state index contributed by atoms with van der Waals surface area (Å²) < 4.78 is 0. The zero-order valence-electron chi connectivity index (χ0n) is 7.64. The third-order valence-corrected chi connectivity index (χ3v) is 2.71. The topological polar surface area (TPSA) is 76.7 Å². The fourth-order valence-corrected chi connectivity index (χ4v) is 1.72. The van der Waals surface area contributed by atoms with E-state index in [1.807, 2.05) is 5.38 Å². The molecular weight excluding hydrogens is 234 g/mol. The lowest BCUT2D eigenvalue weighted by Crippen LogP contribution is -2.04. The van der Waals surface area contributed by atoms with Crippen LogP contribution in [0.1, 0.15) is 5.01 Å². The van der Waals surface area contributed by atoms with Crippen LogP contribution in [0.5, 0.6) is 0 Å². The lowest BCUT2D eigenvalue weighted by Gasteiger charge is -2.05. The first-order valence-electron chi connectivity index (χ1n) is 4.16. The zero-order valence-corrected chi connectivity index (χ0v) is 9.22. The minimum atomic E-state index is 0.195. The second-order valence-corrected chi connectivity index (χ2v) is 4.09. The Labute approximate surface area is 95.3 Å². The molecule has 0 bridgehead atoms. The molecule has 0 saturated heterocycles. The molecule has 5 nitrogen and oxygen atoms in total. The molecule has 0 unspecified atom stereocenters. The number of nitrogens with two attached hydrogens (primary N) is 1. The van der Waals surface area contributed by atoms with Crippen molar-refractivity contribution in [2.45, 2.75) is 6.54 Å². The Morgan fingerprint density at radius 1 is 1.47 bits per heavy atom. The first-order chi connectivity index (χ1) is 7.25. The van der Waals surface area contributed by atoms with Gasteiger partial charge in [0.25, 0.3) is 0 Å². The van der Waals surface area contributed by atoms with Crippen molar-refractivity contribution in [2.75, 3.05) is 11.1 Å². The Hall–Kier alpha value is -1.40. The smallest absolute Gasteiger partial charge is 0.222 e. The fraction of sp³-hybridized carbons (Fsp3) is 0.125. The number of rotatable bonds is 3. The van der Waals surface area contributed by atoms with Crippen molar-refractivity contribution in [1.82, 2.24) is 15.0 Å². The molecule has 0 fully saturated rings. The van der Waals surface area contributed by atoms with Crippen molar-refractivity contribution in [3.05, 3.63) is 27.8 Å². The number of hydrogen-bond acceptors (Lipinski definition) is 6. The number of anilines is 2. The highest BCUT2D eigenvalue weighted by atomic mass is 35.5. The Morgan fingerprint density at radius 2 is 2.33 bits per heavy atom. The van der Waals surface area contributed by atoms with Crippen molar-refractivity contribution >= 4 is 34.7 Å². The molecular formula is C8H8ClN5S. The predicted molar refractivity (Wildman–Crippen MR) is 60.9 cm³/mol. The van der Waals surface area contributed by atoms with Gasteiger partial charge in [-0.2, -0.15) is 4.98 Å². The van der Waals surface area contributed by atoms with Gasteiger partial charge in [0, 0.05) is 11.6 Å². The van der Waals surface area contributed by atoms with Crippen LogP contribution in [0.15, 0.2) is 17.8 Å². The molecule has 2 heterocycles. The van der Waals surface area contributed by atoms with Crippen LogP contribution in [0.25, 0.3) is 0 Å². The molecule has 2 aromatic heterocycles. The first kappa shape index (κ1) is 10.1. The molecule has 0 aliphatic carbocycles. The molecule has 2 rings (SSSR count). The van der Waals surface area contributed by atoms with Crippen LogP contribution in [0.2, 0.25) is 5.02 Å². The van der Waals surface area contributed by atoms with E-state index in [2.05, 4.69) is 20.3 Å². The lowest BCUT2D eigenvalue weighted by atomic mass is 10.5. The van der Waals surface area contributed by atoms with Gasteiger partial charge >= 0.3 is 0 Å². The maximum absolute atomic E-state index is 5.88. The molecule has 3 N–H and O–H groups in total. The van der Waals surface area contributed by atoms with Crippen molar-refractivity contribution in [3.8, 4) is 0 Å². The maximum Gasteiger partial charge on any atom is 0.222 e. The largest absolute Gasteiger partial charge is 0.368 e. The standard InChI is InChI=1S/C8H8ClN5S/c9-5-3-13-8(10)14-7(5)12-4-6-11-1-2-15-6/h1-3H,4H2,(H3,10,12,13,14). The molecule has 0 saturated carbocycles. The Balaban J connectivity index is 2.07. The molecule has 78 valence electrons. The van der Waals surface area contributed by atoms with E-state index in [4.69, 9.17) is 17.3 Å². The lowest BCUT2D eigenvalue weighted by molar-refractivity contribution is 1.06. The van der Waals surface area contributed by atoms with Gasteiger partial charge in [0.15, 0.2) is 5.82 Å². The third kappa shape index (κ3) is 2.54. The third-order valence-electron chi connectivity index (χ3n) is 1.65. The van der Waals surface area contributed by atoms with Crippen LogP contribution in [-0.4, -0.2) is 15.0 Å². The molecule has 0 amide bonds. The summed E-state index contributed by atoms with van der Waals surface area (Å²) >= 11 is 7.44. The van der Waals surface area contributed by atoms with Crippen LogP contribution in [0, 0.1) is 0 Å². The number of hydrogen-bond donors (Lipinski definition) is 2. The van der Waals surface area contributed by atoms with Crippen molar-refractivity contribution in [2.24, 2.45) is 0 Å². The normalized spacial score (nSPS) is 10.2. The molecule has 15 heavy (non-hydrogen) atoms. The second-order valence-electron chi connectivity index (χ2n) is 2.70. The highest BCUT2D eigenvalue weighted by molar-refractivity contribution is 7.09. The average Bonchev–Trinajstić information content (AvgIpc) is 2.72. The van der Waals surface area contributed by atoms with Crippen LogP contribution in [-0.2, 0) is 6.54 Å². The van der Waals surface area contributed by atoms with E-state index in [-0.39, 0.29) is 5.95 Å². The van der Waals surface area contributed by atoms with E-state index >= 15 is 0 Å². The minimum absolute atomic E-state index is 0.195. The van der Waals surface area contributed by atoms with Gasteiger partial charge in [0.2, 0.25) is 5.95 Å². The van der Waals surface area contributed by atoms with Crippen molar-refractivity contribution in [3.63, 3.8) is 0 Å². The highest BCUT2D eigenvalue weighted by Gasteiger charge is 2.03. The highest BCUT2D eigenvalue weighted by Crippen LogP contribution is 2.19. The fourth-order valence-electron chi connectivity index (χ4n) is 1.00. The Bertz CT molecular complexity index is 444. The minimum Gasteiger partial charge on any atom is -0.368 e. The zero-order chi connectivity index (χ0) is 10.7. The van der Waals surface area contributed by atoms with Gasteiger partial charge in [-0.3, -0.25) is 0 Å². The van der Waals surface area contributed by atoms with Gasteiger partial charge in [0.1, 0.15) is 10.0 Å². The summed E-state index contributed by atoms with van der Waals surface area (Å²) in [7, 11) is 0. The molecule has 0 radical (unpaired) electrons. The van der Waals surface area contributed by atoms with Gasteiger partial charge < -0.3 is 11.1 Å². The monoisotopic (exact) mass is 241 g/mol. The van der Waals surface area contributed by atoms with Crippen molar-refractivity contribution < 1.29 is 0 Å². The average molecular weight is 242 g/mol. The Kier molecular flexibility index (Phi) is 2.98.